The molecule has 2 aromatic carbocycles. The molecule has 1 aromatic heterocycles. The summed E-state index contributed by atoms with van der Waals surface area (Å²) in [6.45, 7) is 1.90. The molecule has 0 spiro atoms. The molecule has 13 heteroatoms. The first-order valence-electron chi connectivity index (χ1n) is 11.2. The van der Waals surface area contributed by atoms with E-state index in [-0.39, 0.29) is 35.0 Å². The Labute approximate surface area is 211 Å². The minimum atomic E-state index is -1.24. The number of anilines is 2. The number of hydrazine groups is 1. The summed E-state index contributed by atoms with van der Waals surface area (Å²) in [5.74, 6) is -1.92. The molecule has 0 aliphatic carbocycles. The third-order valence-corrected chi connectivity index (χ3v) is 5.48. The highest BCUT2D eigenvalue weighted by Gasteiger charge is 2.17. The Balaban J connectivity index is 1.97. The molecule has 8 N–H and O–H groups in total. The normalized spacial score (nSPS) is 10.8. The van der Waals surface area contributed by atoms with Crippen LogP contribution in [0.1, 0.15) is 28.4 Å². The number of carboxylic acid groups (broad SMARTS) is 1. The third-order valence-electron chi connectivity index (χ3n) is 5.48. The van der Waals surface area contributed by atoms with Gasteiger partial charge in [-0.25, -0.2) is 19.2 Å². The van der Waals surface area contributed by atoms with Crippen LogP contribution in [0.3, 0.4) is 0 Å². The SMILES string of the molecule is CCN(C)Nc1cn(-c2cc(N)cc(C(=O)O)c2)c(=O)n(CC(=O)NCc2ccc(C(=N)N)cc2)c1=O. The lowest BCUT2D eigenvalue weighted by Crippen LogP contribution is -2.45. The van der Waals surface area contributed by atoms with Gasteiger partial charge in [0, 0.05) is 37.6 Å². The van der Waals surface area contributed by atoms with E-state index in [1.807, 2.05) is 6.92 Å². The van der Waals surface area contributed by atoms with Crippen molar-refractivity contribution in [2.75, 3.05) is 24.8 Å². The molecular formula is C24H28N8O5. The van der Waals surface area contributed by atoms with Crippen LogP contribution in [0.2, 0.25) is 0 Å². The summed E-state index contributed by atoms with van der Waals surface area (Å²) in [5.41, 5.74) is 13.9. The Morgan fingerprint density at radius 3 is 2.38 bits per heavy atom. The van der Waals surface area contributed by atoms with Crippen LogP contribution < -0.4 is 33.5 Å². The van der Waals surface area contributed by atoms with Crippen LogP contribution in [-0.4, -0.2) is 50.6 Å². The van der Waals surface area contributed by atoms with E-state index in [0.29, 0.717) is 12.1 Å². The standard InChI is InChI=1S/C24H28N8O5/c1-3-30(2)29-19-12-31(18-9-16(23(35)36)8-17(25)10-18)24(37)32(22(19)34)13-20(33)28-11-14-4-6-15(7-5-14)21(26)27/h4-10,12,29H,3,11,13,25H2,1-2H3,(H3,26,27)(H,28,33)(H,35,36). The number of amidine groups is 1. The monoisotopic (exact) mass is 508 g/mol. The number of carbonyl (C=O) groups excluding carboxylic acids is 1. The zero-order chi connectivity index (χ0) is 27.3. The topological polar surface area (TPSA) is 202 Å². The fourth-order valence-corrected chi connectivity index (χ4v) is 3.39. The molecule has 0 atom stereocenters. The number of aromatic carboxylic acids is 1. The van der Waals surface area contributed by atoms with Gasteiger partial charge in [-0.15, -0.1) is 0 Å². The zero-order valence-corrected chi connectivity index (χ0v) is 20.3. The largest absolute Gasteiger partial charge is 0.478 e. The molecule has 194 valence electrons. The average Bonchev–Trinajstić information content (AvgIpc) is 2.86. The number of nitrogen functional groups attached to an aromatic ring is 2. The highest BCUT2D eigenvalue weighted by Crippen LogP contribution is 2.16. The summed E-state index contributed by atoms with van der Waals surface area (Å²) >= 11 is 0. The molecule has 0 saturated heterocycles. The van der Waals surface area contributed by atoms with Crippen LogP contribution in [0.4, 0.5) is 11.4 Å². The molecule has 0 unspecified atom stereocenters. The fraction of sp³-hybridized carbons (Fsp3) is 0.208. The number of carbonyl (C=O) groups is 2. The van der Waals surface area contributed by atoms with Gasteiger partial charge in [-0.2, -0.15) is 0 Å². The van der Waals surface area contributed by atoms with Crippen molar-refractivity contribution in [2.24, 2.45) is 5.73 Å². The Morgan fingerprint density at radius 2 is 1.78 bits per heavy atom. The lowest BCUT2D eigenvalue weighted by Gasteiger charge is -2.19. The van der Waals surface area contributed by atoms with Crippen LogP contribution in [-0.2, 0) is 17.9 Å². The number of nitrogens with two attached hydrogens (primary N) is 2. The van der Waals surface area contributed by atoms with Gasteiger partial charge in [0.2, 0.25) is 5.91 Å². The Kier molecular flexibility index (Phi) is 8.09. The molecular weight excluding hydrogens is 480 g/mol. The first-order chi connectivity index (χ1) is 17.5. The first-order valence-corrected chi connectivity index (χ1v) is 11.2. The molecule has 0 aliphatic heterocycles. The number of aromatic nitrogens is 2. The van der Waals surface area contributed by atoms with Gasteiger partial charge in [-0.05, 0) is 23.8 Å². The molecule has 1 heterocycles. The second kappa shape index (κ2) is 11.2. The average molecular weight is 509 g/mol. The molecule has 0 aliphatic rings. The lowest BCUT2D eigenvalue weighted by molar-refractivity contribution is -0.121. The molecule has 0 saturated carbocycles. The number of nitrogens with one attached hydrogen (secondary N) is 3. The van der Waals surface area contributed by atoms with Gasteiger partial charge in [-0.1, -0.05) is 31.2 Å². The second-order valence-electron chi connectivity index (χ2n) is 8.22. The Hall–Kier alpha value is -4.91. The predicted molar refractivity (Wildman–Crippen MR) is 139 cm³/mol. The minimum absolute atomic E-state index is 0.00382. The van der Waals surface area contributed by atoms with Crippen LogP contribution in [0, 0.1) is 5.41 Å². The number of nitrogens with zero attached hydrogens (tertiary/aromatic N) is 3. The highest BCUT2D eigenvalue weighted by atomic mass is 16.4. The molecule has 0 fully saturated rings. The number of carboxylic acids is 1. The molecule has 37 heavy (non-hydrogen) atoms. The molecule has 0 bridgehead atoms. The number of benzene rings is 2. The van der Waals surface area contributed by atoms with Gasteiger partial charge in [0.05, 0.1) is 11.3 Å². The van der Waals surface area contributed by atoms with Crippen molar-refractivity contribution in [2.45, 2.75) is 20.0 Å². The zero-order valence-electron chi connectivity index (χ0n) is 20.3. The Bertz CT molecular complexity index is 1460. The summed E-state index contributed by atoms with van der Waals surface area (Å²) in [4.78, 5) is 50.6. The van der Waals surface area contributed by atoms with Gasteiger partial charge in [-0.3, -0.25) is 19.6 Å². The first kappa shape index (κ1) is 26.7. The van der Waals surface area contributed by atoms with E-state index in [2.05, 4.69) is 10.7 Å². The summed E-state index contributed by atoms with van der Waals surface area (Å²) in [6.07, 6.45) is 1.24. The van der Waals surface area contributed by atoms with Crippen molar-refractivity contribution in [1.29, 1.82) is 5.41 Å². The minimum Gasteiger partial charge on any atom is -0.478 e. The molecule has 0 radical (unpaired) electrons. The van der Waals surface area contributed by atoms with E-state index in [0.717, 1.165) is 14.7 Å². The van der Waals surface area contributed by atoms with Gasteiger partial charge >= 0.3 is 11.7 Å². The lowest BCUT2D eigenvalue weighted by atomic mass is 10.1. The fourth-order valence-electron chi connectivity index (χ4n) is 3.39. The van der Waals surface area contributed by atoms with E-state index in [9.17, 15) is 24.3 Å². The van der Waals surface area contributed by atoms with Gasteiger partial charge < -0.3 is 27.3 Å². The maximum Gasteiger partial charge on any atom is 0.336 e. The number of rotatable bonds is 10. The maximum absolute atomic E-state index is 13.3. The molecule has 1 amide bonds. The molecule has 3 rings (SSSR count). The van der Waals surface area contributed by atoms with Gasteiger partial charge in [0.25, 0.3) is 5.56 Å². The maximum atomic E-state index is 13.3. The van der Waals surface area contributed by atoms with E-state index in [1.165, 1.54) is 24.4 Å². The number of hydrogen-bond donors (Lipinski definition) is 6. The summed E-state index contributed by atoms with van der Waals surface area (Å²) in [6, 6.07) is 10.6. The van der Waals surface area contributed by atoms with Gasteiger partial charge in [0.15, 0.2) is 0 Å². The summed E-state index contributed by atoms with van der Waals surface area (Å²) < 4.78 is 1.81. The van der Waals surface area contributed by atoms with Crippen molar-refractivity contribution < 1.29 is 14.7 Å². The highest BCUT2D eigenvalue weighted by molar-refractivity contribution is 5.94. The predicted octanol–water partition coefficient (Wildman–Crippen LogP) is 0.159. The van der Waals surface area contributed by atoms with Crippen molar-refractivity contribution in [3.8, 4) is 5.69 Å². The quantitative estimate of drug-likeness (QED) is 0.0954. The third kappa shape index (κ3) is 6.41. The van der Waals surface area contributed by atoms with Crippen molar-refractivity contribution >= 4 is 29.1 Å². The molecule has 3 aromatic rings. The van der Waals surface area contributed by atoms with Crippen LogP contribution in [0.15, 0.2) is 58.3 Å². The smallest absolute Gasteiger partial charge is 0.336 e. The molecule has 13 nitrogen and oxygen atoms in total. The van der Waals surface area contributed by atoms with Crippen LogP contribution in [0.5, 0.6) is 0 Å². The van der Waals surface area contributed by atoms with Crippen LogP contribution >= 0.6 is 0 Å². The second-order valence-corrected chi connectivity index (χ2v) is 8.22. The van der Waals surface area contributed by atoms with Crippen LogP contribution in [0.25, 0.3) is 5.69 Å². The number of amides is 1. The summed E-state index contributed by atoms with van der Waals surface area (Å²) in [5, 5.41) is 21.1. The van der Waals surface area contributed by atoms with E-state index >= 15 is 0 Å². The van der Waals surface area contributed by atoms with E-state index in [1.54, 1.807) is 36.3 Å². The van der Waals surface area contributed by atoms with E-state index < -0.39 is 29.7 Å². The van der Waals surface area contributed by atoms with Crippen molar-refractivity contribution in [3.63, 3.8) is 0 Å². The van der Waals surface area contributed by atoms with E-state index in [4.69, 9.17) is 16.9 Å². The van der Waals surface area contributed by atoms with Gasteiger partial charge in [0.1, 0.15) is 18.1 Å². The van der Waals surface area contributed by atoms with Crippen molar-refractivity contribution in [3.05, 3.63) is 86.2 Å². The summed E-state index contributed by atoms with van der Waals surface area (Å²) in [7, 11) is 1.69. The number of hydrogen-bond acceptors (Lipinski definition) is 8. The van der Waals surface area contributed by atoms with Crippen molar-refractivity contribution in [1.82, 2.24) is 19.5 Å². The Morgan fingerprint density at radius 1 is 1.11 bits per heavy atom.